The molecule has 0 unspecified atom stereocenters. The van der Waals surface area contributed by atoms with Crippen molar-refractivity contribution in [2.24, 2.45) is 23.7 Å². The zero-order chi connectivity index (χ0) is 20.1. The van der Waals surface area contributed by atoms with Gasteiger partial charge in [0.2, 0.25) is 15.9 Å². The Bertz CT molecular complexity index is 880. The normalized spacial score (nSPS) is 30.5. The van der Waals surface area contributed by atoms with Gasteiger partial charge in [-0.3, -0.25) is 4.79 Å². The minimum Gasteiger partial charge on any atom is -0.550 e. The number of rotatable bonds is 4. The fourth-order valence-corrected chi connectivity index (χ4v) is 6.52. The maximum Gasteiger partial charge on any atom is 0.243 e. The summed E-state index contributed by atoms with van der Waals surface area (Å²) in [4.78, 5) is 26.1. The van der Waals surface area contributed by atoms with Gasteiger partial charge in [-0.25, -0.2) is 12.8 Å². The highest BCUT2D eigenvalue weighted by Crippen LogP contribution is 2.52. The number of hydrogen-bond donors (Lipinski definition) is 0. The molecule has 2 saturated carbocycles. The Hall–Kier alpha value is -2.00. The molecule has 152 valence electrons. The van der Waals surface area contributed by atoms with Crippen LogP contribution in [-0.2, 0) is 19.6 Å². The van der Waals surface area contributed by atoms with Gasteiger partial charge in [0.05, 0.1) is 4.90 Å². The predicted molar refractivity (Wildman–Crippen MR) is 94.6 cm³/mol. The number of carbonyl (C=O) groups excluding carboxylic acids is 2. The van der Waals surface area contributed by atoms with E-state index in [4.69, 9.17) is 0 Å². The van der Waals surface area contributed by atoms with Crippen LogP contribution in [0.2, 0.25) is 0 Å². The second-order valence-corrected chi connectivity index (χ2v) is 9.83. The number of hydrogen-bond acceptors (Lipinski definition) is 5. The first-order chi connectivity index (χ1) is 13.3. The highest BCUT2D eigenvalue weighted by molar-refractivity contribution is 7.89. The first-order valence-corrected chi connectivity index (χ1v) is 11.0. The Morgan fingerprint density at radius 1 is 0.964 bits per heavy atom. The van der Waals surface area contributed by atoms with Crippen LogP contribution in [0.4, 0.5) is 4.39 Å². The lowest BCUT2D eigenvalue weighted by Crippen LogP contribution is -2.54. The van der Waals surface area contributed by atoms with Crippen LogP contribution in [-0.4, -0.2) is 55.7 Å². The molecule has 1 aromatic carbocycles. The van der Waals surface area contributed by atoms with E-state index in [1.54, 1.807) is 4.90 Å². The molecule has 7 nitrogen and oxygen atoms in total. The fraction of sp³-hybridized carbons (Fsp3) is 0.579. The van der Waals surface area contributed by atoms with Crippen molar-refractivity contribution in [3.63, 3.8) is 0 Å². The van der Waals surface area contributed by atoms with E-state index in [9.17, 15) is 27.5 Å². The second kappa shape index (κ2) is 7.11. The first kappa shape index (κ1) is 19.3. The van der Waals surface area contributed by atoms with Crippen molar-refractivity contribution in [3.05, 3.63) is 30.1 Å². The molecule has 0 spiro atoms. The highest BCUT2D eigenvalue weighted by Gasteiger charge is 2.52. The van der Waals surface area contributed by atoms with Crippen molar-refractivity contribution < 1.29 is 27.5 Å². The van der Waals surface area contributed by atoms with E-state index in [-0.39, 0.29) is 48.8 Å². The Labute approximate surface area is 163 Å². The molecule has 0 radical (unpaired) electrons. The van der Waals surface area contributed by atoms with Crippen LogP contribution in [0.5, 0.6) is 0 Å². The molecule has 4 rings (SSSR count). The van der Waals surface area contributed by atoms with E-state index in [1.807, 2.05) is 0 Å². The number of nitrogens with zero attached hydrogens (tertiary/aromatic N) is 2. The van der Waals surface area contributed by atoms with Gasteiger partial charge in [0.1, 0.15) is 5.82 Å². The highest BCUT2D eigenvalue weighted by atomic mass is 32.2. The number of carbonyl (C=O) groups is 2. The maximum atomic E-state index is 13.1. The number of aliphatic carboxylic acids is 1. The lowest BCUT2D eigenvalue weighted by atomic mass is 9.78. The zero-order valence-corrected chi connectivity index (χ0v) is 16.1. The molecule has 0 N–H and O–H groups in total. The van der Waals surface area contributed by atoms with Crippen LogP contribution in [0.3, 0.4) is 0 Å². The van der Waals surface area contributed by atoms with E-state index < -0.39 is 33.6 Å². The van der Waals surface area contributed by atoms with E-state index in [2.05, 4.69) is 0 Å². The minimum absolute atomic E-state index is 0.0128. The Morgan fingerprint density at radius 2 is 1.54 bits per heavy atom. The van der Waals surface area contributed by atoms with E-state index >= 15 is 0 Å². The van der Waals surface area contributed by atoms with Crippen molar-refractivity contribution in [1.29, 1.82) is 0 Å². The quantitative estimate of drug-likeness (QED) is 0.701. The molecule has 1 heterocycles. The van der Waals surface area contributed by atoms with Crippen molar-refractivity contribution >= 4 is 21.9 Å². The van der Waals surface area contributed by atoms with Gasteiger partial charge in [0.15, 0.2) is 0 Å². The summed E-state index contributed by atoms with van der Waals surface area (Å²) in [6.45, 7) is 0.685. The third-order valence-electron chi connectivity index (χ3n) is 6.48. The number of piperazine rings is 1. The number of halogens is 1. The SMILES string of the molecule is O=C([O-])[C@H]1[C@H]2CC[C@H](C2)[C@@H]1C(=O)N1CCN(S(=O)(=O)c2ccc(F)cc2)CC1. The summed E-state index contributed by atoms with van der Waals surface area (Å²) in [6, 6.07) is 4.65. The van der Waals surface area contributed by atoms with Crippen LogP contribution in [0, 0.1) is 29.5 Å². The molecule has 28 heavy (non-hydrogen) atoms. The lowest BCUT2D eigenvalue weighted by Gasteiger charge is -2.39. The van der Waals surface area contributed by atoms with Gasteiger partial charge < -0.3 is 14.8 Å². The Balaban J connectivity index is 1.43. The average molecular weight is 409 g/mol. The molecule has 1 saturated heterocycles. The van der Waals surface area contributed by atoms with Crippen molar-refractivity contribution in [2.75, 3.05) is 26.2 Å². The number of sulfonamides is 1. The van der Waals surface area contributed by atoms with Gasteiger partial charge in [0.25, 0.3) is 0 Å². The number of benzene rings is 1. The molecule has 9 heteroatoms. The summed E-state index contributed by atoms with van der Waals surface area (Å²) in [5, 5.41) is 11.6. The summed E-state index contributed by atoms with van der Waals surface area (Å²) < 4.78 is 39.7. The van der Waals surface area contributed by atoms with Gasteiger partial charge in [0, 0.05) is 44.0 Å². The zero-order valence-electron chi connectivity index (χ0n) is 15.3. The summed E-state index contributed by atoms with van der Waals surface area (Å²) in [5.41, 5.74) is 0. The van der Waals surface area contributed by atoms with Crippen LogP contribution in [0.15, 0.2) is 29.2 Å². The third kappa shape index (κ3) is 3.20. The van der Waals surface area contributed by atoms with E-state index in [0.717, 1.165) is 31.4 Å². The van der Waals surface area contributed by atoms with Gasteiger partial charge >= 0.3 is 0 Å². The topological polar surface area (TPSA) is 97.8 Å². The molecular weight excluding hydrogens is 387 g/mol. The van der Waals surface area contributed by atoms with Gasteiger partial charge in [-0.1, -0.05) is 0 Å². The van der Waals surface area contributed by atoms with Crippen LogP contribution in [0.1, 0.15) is 19.3 Å². The summed E-state index contributed by atoms with van der Waals surface area (Å²) in [5.74, 6) is -3.03. The number of carboxylic acid groups (broad SMARTS) is 1. The molecule has 2 bridgehead atoms. The second-order valence-electron chi connectivity index (χ2n) is 7.89. The lowest BCUT2D eigenvalue weighted by molar-refractivity contribution is -0.314. The van der Waals surface area contributed by atoms with Crippen molar-refractivity contribution in [1.82, 2.24) is 9.21 Å². The summed E-state index contributed by atoms with van der Waals surface area (Å²) >= 11 is 0. The molecule has 1 amide bonds. The van der Waals surface area contributed by atoms with Crippen LogP contribution >= 0.6 is 0 Å². The monoisotopic (exact) mass is 409 g/mol. The largest absolute Gasteiger partial charge is 0.550 e. The molecule has 0 aromatic heterocycles. The molecule has 3 fully saturated rings. The van der Waals surface area contributed by atoms with Gasteiger partial charge in [-0.05, 0) is 55.4 Å². The van der Waals surface area contributed by atoms with E-state index in [1.165, 1.54) is 16.4 Å². The molecular formula is C19H22FN2O5S-. The molecule has 1 aromatic rings. The molecule has 2 aliphatic carbocycles. The minimum atomic E-state index is -3.75. The summed E-state index contributed by atoms with van der Waals surface area (Å²) in [7, 11) is -3.75. The smallest absolute Gasteiger partial charge is 0.243 e. The van der Waals surface area contributed by atoms with E-state index in [0.29, 0.717) is 0 Å². The first-order valence-electron chi connectivity index (χ1n) is 9.54. The fourth-order valence-electron chi connectivity index (χ4n) is 5.10. The standard InChI is InChI=1S/C19H23FN2O5S/c20-14-3-5-15(6-4-14)28(26,27)22-9-7-21(8-10-22)18(23)16-12-1-2-13(11-12)17(16)19(24)25/h3-6,12-13,16-17H,1-2,7-11H2,(H,24,25)/p-1/t12-,13+,16+,17+/m1/s1. The molecule has 3 aliphatic rings. The summed E-state index contributed by atoms with van der Waals surface area (Å²) in [6.07, 6.45) is 2.45. The Morgan fingerprint density at radius 3 is 2.11 bits per heavy atom. The van der Waals surface area contributed by atoms with Crippen molar-refractivity contribution in [2.45, 2.75) is 24.2 Å². The Kier molecular flexibility index (Phi) is 4.91. The van der Waals surface area contributed by atoms with Crippen LogP contribution < -0.4 is 5.11 Å². The van der Waals surface area contributed by atoms with Gasteiger partial charge in [-0.15, -0.1) is 0 Å². The maximum absolute atomic E-state index is 13.1. The third-order valence-corrected chi connectivity index (χ3v) is 8.39. The predicted octanol–water partition coefficient (Wildman–Crippen LogP) is 0.0708. The molecule has 4 atom stereocenters. The number of fused-ring (bicyclic) bond motifs is 2. The number of amides is 1. The number of carboxylic acids is 1. The van der Waals surface area contributed by atoms with Crippen LogP contribution in [0.25, 0.3) is 0 Å². The van der Waals surface area contributed by atoms with Crippen molar-refractivity contribution in [3.8, 4) is 0 Å². The average Bonchev–Trinajstić information content (AvgIpc) is 3.29. The van der Waals surface area contributed by atoms with Gasteiger partial charge in [-0.2, -0.15) is 4.31 Å². The molecule has 1 aliphatic heterocycles.